The van der Waals surface area contributed by atoms with Gasteiger partial charge in [-0.3, -0.25) is 0 Å². The third-order valence-corrected chi connectivity index (χ3v) is 2.96. The molecule has 0 fully saturated rings. The van der Waals surface area contributed by atoms with Crippen LogP contribution in [0.2, 0.25) is 0 Å². The van der Waals surface area contributed by atoms with Gasteiger partial charge in [-0.2, -0.15) is 11.8 Å². The van der Waals surface area contributed by atoms with Crippen LogP contribution >= 0.6 is 11.8 Å². The molecule has 0 aromatic carbocycles. The van der Waals surface area contributed by atoms with Crippen LogP contribution in [0.25, 0.3) is 0 Å². The number of carbonyl (C=O) groups excluding carboxylic acids is 1. The molecule has 1 N–H and O–H groups in total. The second-order valence-electron chi connectivity index (χ2n) is 3.45. The zero-order valence-electron chi connectivity index (χ0n) is 10.5. The van der Waals surface area contributed by atoms with Crippen LogP contribution in [0.1, 0.15) is 27.2 Å². The molecule has 0 aliphatic heterocycles. The highest BCUT2D eigenvalue weighted by Gasteiger charge is 1.99. The molecule has 0 aliphatic rings. The van der Waals surface area contributed by atoms with Crippen LogP contribution in [0.15, 0.2) is 12.2 Å². The van der Waals surface area contributed by atoms with E-state index in [4.69, 9.17) is 4.74 Å². The van der Waals surface area contributed by atoms with Crippen molar-refractivity contribution in [3.05, 3.63) is 12.2 Å². The van der Waals surface area contributed by atoms with E-state index in [2.05, 4.69) is 19.2 Å². The summed E-state index contributed by atoms with van der Waals surface area (Å²) < 4.78 is 4.77. The average molecular weight is 245 g/mol. The zero-order valence-corrected chi connectivity index (χ0v) is 11.3. The highest BCUT2D eigenvalue weighted by molar-refractivity contribution is 7.99. The van der Waals surface area contributed by atoms with Gasteiger partial charge in [0.2, 0.25) is 0 Å². The Bertz CT molecular complexity index is 207. The molecule has 0 rings (SSSR count). The van der Waals surface area contributed by atoms with Crippen LogP contribution in [-0.2, 0) is 9.53 Å². The quantitative estimate of drug-likeness (QED) is 0.384. The van der Waals surface area contributed by atoms with Gasteiger partial charge >= 0.3 is 5.97 Å². The molecule has 16 heavy (non-hydrogen) atoms. The second kappa shape index (κ2) is 11.0. The summed E-state index contributed by atoms with van der Waals surface area (Å²) in [7, 11) is 0. The van der Waals surface area contributed by atoms with Gasteiger partial charge in [0.1, 0.15) is 0 Å². The molecule has 1 atom stereocenters. The first kappa shape index (κ1) is 15.5. The number of esters is 1. The lowest BCUT2D eigenvalue weighted by atomic mass is 10.2. The molecular formula is C12H23NO2S. The standard InChI is InChI=1S/C12H23NO2S/c1-4-15-12(14)7-6-9-13-11(3)8-10-16-5-2/h6-7,11,13H,4-5,8-10H2,1-3H3/b7-6+. The minimum atomic E-state index is -0.265. The van der Waals surface area contributed by atoms with Crippen molar-refractivity contribution in [2.75, 3.05) is 24.7 Å². The molecule has 94 valence electrons. The predicted octanol–water partition coefficient (Wildman–Crippen LogP) is 2.23. The molecule has 0 amide bonds. The highest BCUT2D eigenvalue weighted by atomic mass is 32.2. The van der Waals surface area contributed by atoms with Crippen LogP contribution < -0.4 is 5.32 Å². The lowest BCUT2D eigenvalue weighted by Crippen LogP contribution is -2.26. The number of ether oxygens (including phenoxy) is 1. The van der Waals surface area contributed by atoms with Crippen LogP contribution in [0.5, 0.6) is 0 Å². The molecule has 0 bridgehead atoms. The van der Waals surface area contributed by atoms with Gasteiger partial charge < -0.3 is 10.1 Å². The minimum absolute atomic E-state index is 0.265. The maximum Gasteiger partial charge on any atom is 0.330 e. The monoisotopic (exact) mass is 245 g/mol. The third kappa shape index (κ3) is 10.1. The van der Waals surface area contributed by atoms with Gasteiger partial charge in [-0.25, -0.2) is 4.79 Å². The summed E-state index contributed by atoms with van der Waals surface area (Å²) in [5.41, 5.74) is 0. The molecule has 0 aromatic heterocycles. The van der Waals surface area contributed by atoms with Gasteiger partial charge in [-0.05, 0) is 31.8 Å². The van der Waals surface area contributed by atoms with Gasteiger partial charge in [0.15, 0.2) is 0 Å². The molecule has 0 saturated carbocycles. The first-order chi connectivity index (χ1) is 7.70. The third-order valence-electron chi connectivity index (χ3n) is 2.02. The van der Waals surface area contributed by atoms with Crippen molar-refractivity contribution in [2.45, 2.75) is 33.2 Å². The maximum absolute atomic E-state index is 11.0. The number of rotatable bonds is 9. The Kier molecular flexibility index (Phi) is 10.7. The number of hydrogen-bond donors (Lipinski definition) is 1. The summed E-state index contributed by atoms with van der Waals surface area (Å²) in [5, 5.41) is 3.33. The lowest BCUT2D eigenvalue weighted by molar-refractivity contribution is -0.137. The molecule has 0 aliphatic carbocycles. The lowest BCUT2D eigenvalue weighted by Gasteiger charge is -2.11. The van der Waals surface area contributed by atoms with Crippen LogP contribution in [0.3, 0.4) is 0 Å². The Balaban J connectivity index is 3.45. The van der Waals surface area contributed by atoms with Crippen molar-refractivity contribution in [2.24, 2.45) is 0 Å². The fourth-order valence-corrected chi connectivity index (χ4v) is 1.93. The topological polar surface area (TPSA) is 38.3 Å². The summed E-state index contributed by atoms with van der Waals surface area (Å²) >= 11 is 1.96. The Morgan fingerprint density at radius 2 is 2.25 bits per heavy atom. The number of nitrogens with one attached hydrogen (secondary N) is 1. The Morgan fingerprint density at radius 1 is 1.50 bits per heavy atom. The van der Waals surface area contributed by atoms with E-state index in [0.29, 0.717) is 12.6 Å². The van der Waals surface area contributed by atoms with Crippen molar-refractivity contribution in [3.63, 3.8) is 0 Å². The highest BCUT2D eigenvalue weighted by Crippen LogP contribution is 2.03. The van der Waals surface area contributed by atoms with E-state index in [-0.39, 0.29) is 5.97 Å². The van der Waals surface area contributed by atoms with Gasteiger partial charge in [-0.1, -0.05) is 13.0 Å². The SMILES string of the molecule is CCOC(=O)/C=C/CNC(C)CCSCC. The molecule has 1 unspecified atom stereocenters. The molecule has 0 radical (unpaired) electrons. The summed E-state index contributed by atoms with van der Waals surface area (Å²) in [5.74, 6) is 2.10. The Hall–Kier alpha value is -0.480. The van der Waals surface area contributed by atoms with Crippen molar-refractivity contribution < 1.29 is 9.53 Å². The van der Waals surface area contributed by atoms with Crippen molar-refractivity contribution >= 4 is 17.7 Å². The van der Waals surface area contributed by atoms with Crippen LogP contribution in [-0.4, -0.2) is 36.7 Å². The predicted molar refractivity (Wildman–Crippen MR) is 70.9 cm³/mol. The Morgan fingerprint density at radius 3 is 2.88 bits per heavy atom. The normalized spacial score (nSPS) is 12.9. The minimum Gasteiger partial charge on any atom is -0.463 e. The smallest absolute Gasteiger partial charge is 0.330 e. The van der Waals surface area contributed by atoms with Gasteiger partial charge in [0.25, 0.3) is 0 Å². The zero-order chi connectivity index (χ0) is 12.2. The summed E-state index contributed by atoms with van der Waals surface area (Å²) in [4.78, 5) is 11.0. The summed E-state index contributed by atoms with van der Waals surface area (Å²) in [6, 6.07) is 0.492. The maximum atomic E-state index is 11.0. The Labute approximate surface area is 103 Å². The van der Waals surface area contributed by atoms with Gasteiger partial charge in [0, 0.05) is 18.7 Å². The molecule has 4 heteroatoms. The number of carbonyl (C=O) groups is 1. The van der Waals surface area contributed by atoms with E-state index in [1.807, 2.05) is 17.8 Å². The molecular weight excluding hydrogens is 222 g/mol. The molecule has 3 nitrogen and oxygen atoms in total. The molecule has 0 saturated heterocycles. The summed E-state index contributed by atoms with van der Waals surface area (Å²) in [6.45, 7) is 7.29. The van der Waals surface area contributed by atoms with Crippen molar-refractivity contribution in [1.82, 2.24) is 5.32 Å². The average Bonchev–Trinajstić information content (AvgIpc) is 2.25. The fraction of sp³-hybridized carbons (Fsp3) is 0.750. The van der Waals surface area contributed by atoms with E-state index in [9.17, 15) is 4.79 Å². The van der Waals surface area contributed by atoms with Crippen molar-refractivity contribution in [3.8, 4) is 0 Å². The van der Waals surface area contributed by atoms with E-state index in [1.54, 1.807) is 6.92 Å². The molecule has 0 heterocycles. The van der Waals surface area contributed by atoms with Gasteiger partial charge in [0.05, 0.1) is 6.61 Å². The number of thioether (sulfide) groups is 1. The summed E-state index contributed by atoms with van der Waals surface area (Å²) in [6.07, 6.45) is 4.44. The second-order valence-corrected chi connectivity index (χ2v) is 4.84. The van der Waals surface area contributed by atoms with E-state index in [0.717, 1.165) is 13.0 Å². The largest absolute Gasteiger partial charge is 0.463 e. The van der Waals surface area contributed by atoms with E-state index < -0.39 is 0 Å². The number of hydrogen-bond acceptors (Lipinski definition) is 4. The first-order valence-corrected chi connectivity index (χ1v) is 7.00. The van der Waals surface area contributed by atoms with Crippen molar-refractivity contribution in [1.29, 1.82) is 0 Å². The fourth-order valence-electron chi connectivity index (χ4n) is 1.12. The molecule has 0 aromatic rings. The van der Waals surface area contributed by atoms with E-state index >= 15 is 0 Å². The molecule has 0 spiro atoms. The van der Waals surface area contributed by atoms with Crippen LogP contribution in [0.4, 0.5) is 0 Å². The van der Waals surface area contributed by atoms with E-state index in [1.165, 1.54) is 17.6 Å². The first-order valence-electron chi connectivity index (χ1n) is 5.85. The van der Waals surface area contributed by atoms with Gasteiger partial charge in [-0.15, -0.1) is 0 Å². The van der Waals surface area contributed by atoms with Crippen LogP contribution in [0, 0.1) is 0 Å².